The van der Waals surface area contributed by atoms with Gasteiger partial charge in [-0.2, -0.15) is 0 Å². The molecule has 0 bridgehead atoms. The Morgan fingerprint density at radius 2 is 2.25 bits per heavy atom. The Kier molecular flexibility index (Phi) is 4.12. The summed E-state index contributed by atoms with van der Waals surface area (Å²) in [5, 5.41) is 2.70. The largest absolute Gasteiger partial charge is 0.449 e. The lowest BCUT2D eigenvalue weighted by Crippen LogP contribution is -2.35. The van der Waals surface area contributed by atoms with Crippen LogP contribution in [0, 0.1) is 12.7 Å². The van der Waals surface area contributed by atoms with E-state index in [0.29, 0.717) is 12.2 Å². The third kappa shape index (κ3) is 2.64. The number of halogens is 2. The van der Waals surface area contributed by atoms with Gasteiger partial charge in [-0.1, -0.05) is 12.1 Å². The van der Waals surface area contributed by atoms with Crippen molar-refractivity contribution in [3.05, 3.63) is 35.1 Å². The van der Waals surface area contributed by atoms with Crippen LogP contribution in [0.5, 0.6) is 0 Å². The van der Waals surface area contributed by atoms with Crippen molar-refractivity contribution in [2.24, 2.45) is 0 Å². The van der Waals surface area contributed by atoms with Crippen molar-refractivity contribution >= 4 is 18.5 Å². The highest BCUT2D eigenvalue weighted by molar-refractivity contribution is 5.85. The first-order valence-corrected chi connectivity index (χ1v) is 4.86. The first kappa shape index (κ1) is 12.8. The molecule has 1 amide bonds. The number of cyclic esters (lactones) is 1. The fraction of sp³-hybridized carbons (Fsp3) is 0.364. The molecule has 1 aliphatic heterocycles. The highest BCUT2D eigenvalue weighted by atomic mass is 35.5. The van der Waals surface area contributed by atoms with E-state index in [0.717, 1.165) is 12.0 Å². The van der Waals surface area contributed by atoms with Gasteiger partial charge in [0.25, 0.3) is 0 Å². The standard InChI is InChI=1S/C11H12FNO2.ClH/c1-7-6-8(2-3-9(7)12)10-4-5-15-11(14)13-10;/h2-3,6,10H,4-5H2,1H3,(H,13,14);1H/t10-;/m0./s1. The summed E-state index contributed by atoms with van der Waals surface area (Å²) in [6.07, 6.45) is 0.310. The maximum absolute atomic E-state index is 13.0. The van der Waals surface area contributed by atoms with Crippen LogP contribution in [-0.4, -0.2) is 12.7 Å². The Labute approximate surface area is 99.4 Å². The fourth-order valence-corrected chi connectivity index (χ4v) is 1.66. The minimum atomic E-state index is -0.409. The molecule has 1 heterocycles. The van der Waals surface area contributed by atoms with Crippen LogP contribution in [0.3, 0.4) is 0 Å². The lowest BCUT2D eigenvalue weighted by atomic mass is 10.0. The number of nitrogens with one attached hydrogen (secondary N) is 1. The number of alkyl carbamates (subject to hydrolysis) is 1. The topological polar surface area (TPSA) is 38.3 Å². The van der Waals surface area contributed by atoms with E-state index in [1.54, 1.807) is 19.1 Å². The van der Waals surface area contributed by atoms with Crippen LogP contribution in [0.1, 0.15) is 23.6 Å². The first-order chi connectivity index (χ1) is 7.16. The highest BCUT2D eigenvalue weighted by Gasteiger charge is 2.20. The van der Waals surface area contributed by atoms with Gasteiger partial charge in [0.05, 0.1) is 12.6 Å². The molecule has 0 aliphatic carbocycles. The zero-order valence-electron chi connectivity index (χ0n) is 8.83. The summed E-state index contributed by atoms with van der Waals surface area (Å²) in [7, 11) is 0. The third-order valence-corrected chi connectivity index (χ3v) is 2.52. The van der Waals surface area contributed by atoms with E-state index in [4.69, 9.17) is 4.74 Å². The molecule has 5 heteroatoms. The van der Waals surface area contributed by atoms with Gasteiger partial charge < -0.3 is 10.1 Å². The SMILES string of the molecule is Cc1cc([C@@H]2CCOC(=O)N2)ccc1F.Cl. The zero-order chi connectivity index (χ0) is 10.8. The minimum Gasteiger partial charge on any atom is -0.449 e. The number of ether oxygens (including phenoxy) is 1. The molecule has 1 aromatic rings. The van der Waals surface area contributed by atoms with Crippen molar-refractivity contribution in [2.75, 3.05) is 6.61 Å². The van der Waals surface area contributed by atoms with Gasteiger partial charge in [-0.15, -0.1) is 12.4 Å². The van der Waals surface area contributed by atoms with E-state index < -0.39 is 6.09 Å². The molecule has 1 aliphatic rings. The van der Waals surface area contributed by atoms with Crippen LogP contribution in [0.2, 0.25) is 0 Å². The Bertz CT molecular complexity index is 398. The monoisotopic (exact) mass is 245 g/mol. The minimum absolute atomic E-state index is 0. The molecule has 16 heavy (non-hydrogen) atoms. The van der Waals surface area contributed by atoms with E-state index in [2.05, 4.69) is 5.32 Å². The molecule has 0 spiro atoms. The lowest BCUT2D eigenvalue weighted by molar-refractivity contribution is 0.115. The number of amides is 1. The van der Waals surface area contributed by atoms with Crippen LogP contribution in [-0.2, 0) is 4.74 Å². The number of benzene rings is 1. The Hall–Kier alpha value is -1.29. The molecule has 88 valence electrons. The Morgan fingerprint density at radius 3 is 2.88 bits per heavy atom. The van der Waals surface area contributed by atoms with Gasteiger partial charge in [-0.05, 0) is 24.1 Å². The van der Waals surface area contributed by atoms with Crippen molar-refractivity contribution in [3.63, 3.8) is 0 Å². The van der Waals surface area contributed by atoms with Crippen molar-refractivity contribution in [1.82, 2.24) is 5.32 Å². The molecule has 0 unspecified atom stereocenters. The van der Waals surface area contributed by atoms with Crippen LogP contribution in [0.25, 0.3) is 0 Å². The summed E-state index contributed by atoms with van der Waals surface area (Å²) in [5.41, 5.74) is 1.51. The summed E-state index contributed by atoms with van der Waals surface area (Å²) in [6, 6.07) is 4.81. The van der Waals surface area contributed by atoms with Crippen LogP contribution >= 0.6 is 12.4 Å². The average Bonchev–Trinajstić information content (AvgIpc) is 2.22. The molecular weight excluding hydrogens is 233 g/mol. The van der Waals surface area contributed by atoms with Gasteiger partial charge in [-0.3, -0.25) is 0 Å². The molecule has 1 aromatic carbocycles. The van der Waals surface area contributed by atoms with E-state index in [1.165, 1.54) is 6.07 Å². The van der Waals surface area contributed by atoms with Crippen molar-refractivity contribution in [3.8, 4) is 0 Å². The summed E-state index contributed by atoms with van der Waals surface area (Å²) >= 11 is 0. The predicted octanol–water partition coefficient (Wildman–Crippen LogP) is 2.73. The van der Waals surface area contributed by atoms with Crippen molar-refractivity contribution < 1.29 is 13.9 Å². The fourth-order valence-electron chi connectivity index (χ4n) is 1.66. The molecule has 0 saturated carbocycles. The molecule has 2 rings (SSSR count). The van der Waals surface area contributed by atoms with E-state index in [-0.39, 0.29) is 24.3 Å². The summed E-state index contributed by atoms with van der Waals surface area (Å²) in [6.45, 7) is 2.12. The summed E-state index contributed by atoms with van der Waals surface area (Å²) in [5.74, 6) is -0.225. The van der Waals surface area contributed by atoms with Gasteiger partial charge in [0.15, 0.2) is 0 Å². The average molecular weight is 246 g/mol. The molecule has 0 radical (unpaired) electrons. The predicted molar refractivity (Wildman–Crippen MR) is 60.2 cm³/mol. The van der Waals surface area contributed by atoms with Crippen LogP contribution < -0.4 is 5.32 Å². The van der Waals surface area contributed by atoms with Gasteiger partial charge in [-0.25, -0.2) is 9.18 Å². The second-order valence-electron chi connectivity index (χ2n) is 3.63. The molecule has 1 fully saturated rings. The van der Waals surface area contributed by atoms with Gasteiger partial charge in [0.2, 0.25) is 0 Å². The normalized spacial score (nSPS) is 19.4. The molecule has 0 aromatic heterocycles. The van der Waals surface area contributed by atoms with Gasteiger partial charge in [0, 0.05) is 6.42 Å². The number of hydrogen-bond acceptors (Lipinski definition) is 2. The smallest absolute Gasteiger partial charge is 0.407 e. The second-order valence-corrected chi connectivity index (χ2v) is 3.63. The molecule has 1 atom stereocenters. The summed E-state index contributed by atoms with van der Waals surface area (Å²) < 4.78 is 17.8. The quantitative estimate of drug-likeness (QED) is 0.826. The molecule has 3 nitrogen and oxygen atoms in total. The number of carbonyl (C=O) groups excluding carboxylic acids is 1. The lowest BCUT2D eigenvalue weighted by Gasteiger charge is -2.23. The second kappa shape index (κ2) is 5.16. The summed E-state index contributed by atoms with van der Waals surface area (Å²) in [4.78, 5) is 11.0. The van der Waals surface area contributed by atoms with Crippen LogP contribution in [0.4, 0.5) is 9.18 Å². The number of hydrogen-bond donors (Lipinski definition) is 1. The van der Waals surface area contributed by atoms with E-state index in [1.807, 2.05) is 0 Å². The Balaban J connectivity index is 0.00000128. The van der Waals surface area contributed by atoms with E-state index >= 15 is 0 Å². The Morgan fingerprint density at radius 1 is 1.50 bits per heavy atom. The third-order valence-electron chi connectivity index (χ3n) is 2.52. The van der Waals surface area contributed by atoms with Gasteiger partial charge >= 0.3 is 6.09 Å². The highest BCUT2D eigenvalue weighted by Crippen LogP contribution is 2.21. The maximum atomic E-state index is 13.0. The number of rotatable bonds is 1. The van der Waals surface area contributed by atoms with Crippen molar-refractivity contribution in [2.45, 2.75) is 19.4 Å². The molecule has 1 N–H and O–H groups in total. The number of aryl methyl sites for hydroxylation is 1. The van der Waals surface area contributed by atoms with Crippen LogP contribution in [0.15, 0.2) is 18.2 Å². The number of carbonyl (C=O) groups is 1. The zero-order valence-corrected chi connectivity index (χ0v) is 9.64. The first-order valence-electron chi connectivity index (χ1n) is 4.86. The van der Waals surface area contributed by atoms with Gasteiger partial charge in [0.1, 0.15) is 5.82 Å². The van der Waals surface area contributed by atoms with E-state index in [9.17, 15) is 9.18 Å². The maximum Gasteiger partial charge on any atom is 0.407 e. The molecular formula is C11H13ClFNO2. The van der Waals surface area contributed by atoms with Crippen molar-refractivity contribution in [1.29, 1.82) is 0 Å². The molecule has 1 saturated heterocycles.